The maximum Gasteiger partial charge on any atom is 0.303 e. The Morgan fingerprint density at radius 3 is 2.55 bits per heavy atom. The molecule has 4 nitrogen and oxygen atoms in total. The molecule has 2 N–H and O–H groups in total. The first-order chi connectivity index (χ1) is 10.7. The minimum atomic E-state index is -0.818. The van der Waals surface area contributed by atoms with Crippen LogP contribution in [-0.2, 0) is 4.79 Å². The van der Waals surface area contributed by atoms with E-state index in [4.69, 9.17) is 5.11 Å². The third-order valence-corrected chi connectivity index (χ3v) is 3.89. The quantitative estimate of drug-likeness (QED) is 0.445. The summed E-state index contributed by atoms with van der Waals surface area (Å²) in [4.78, 5) is 23.5. The molecule has 2 rings (SSSR count). The van der Waals surface area contributed by atoms with Gasteiger partial charge in [0.15, 0.2) is 5.78 Å². The van der Waals surface area contributed by atoms with Crippen molar-refractivity contribution in [2.75, 3.05) is 6.54 Å². The van der Waals surface area contributed by atoms with Crippen LogP contribution in [0.15, 0.2) is 53.9 Å². The lowest BCUT2D eigenvalue weighted by Crippen LogP contribution is -2.16. The molecule has 0 saturated carbocycles. The molecule has 0 bridgehead atoms. The van der Waals surface area contributed by atoms with Crippen LogP contribution in [-0.4, -0.2) is 23.4 Å². The van der Waals surface area contributed by atoms with Gasteiger partial charge in [-0.3, -0.25) is 9.59 Å². The van der Waals surface area contributed by atoms with Crippen LogP contribution < -0.4 is 5.32 Å². The summed E-state index contributed by atoms with van der Waals surface area (Å²) in [6, 6.07) is 13.2. The van der Waals surface area contributed by atoms with Crippen molar-refractivity contribution in [2.45, 2.75) is 12.8 Å². The van der Waals surface area contributed by atoms with E-state index in [1.165, 1.54) is 11.3 Å². The van der Waals surface area contributed by atoms with Gasteiger partial charge in [-0.05, 0) is 23.4 Å². The van der Waals surface area contributed by atoms with Crippen molar-refractivity contribution < 1.29 is 14.7 Å². The predicted molar refractivity (Wildman–Crippen MR) is 87.9 cm³/mol. The van der Waals surface area contributed by atoms with Crippen LogP contribution in [0.2, 0.25) is 0 Å². The molecule has 0 spiro atoms. The van der Waals surface area contributed by atoms with E-state index in [9.17, 15) is 9.59 Å². The molecule has 114 valence electrons. The van der Waals surface area contributed by atoms with Crippen LogP contribution >= 0.6 is 11.3 Å². The minimum absolute atomic E-state index is 0.0559. The van der Waals surface area contributed by atoms with E-state index in [0.29, 0.717) is 23.5 Å². The normalized spacial score (nSPS) is 11.2. The van der Waals surface area contributed by atoms with E-state index in [1.807, 2.05) is 41.8 Å². The number of benzene rings is 1. The molecule has 0 aliphatic carbocycles. The van der Waals surface area contributed by atoms with Crippen LogP contribution in [0.25, 0.3) is 5.70 Å². The molecule has 22 heavy (non-hydrogen) atoms. The Morgan fingerprint density at radius 2 is 1.91 bits per heavy atom. The van der Waals surface area contributed by atoms with Gasteiger partial charge < -0.3 is 10.4 Å². The monoisotopic (exact) mass is 315 g/mol. The fraction of sp³-hybridized carbons (Fsp3) is 0.176. The van der Waals surface area contributed by atoms with Crippen molar-refractivity contribution in [3.63, 3.8) is 0 Å². The summed E-state index contributed by atoms with van der Waals surface area (Å²) in [5.74, 6) is -0.874. The van der Waals surface area contributed by atoms with Gasteiger partial charge in [-0.2, -0.15) is 0 Å². The number of carboxylic acids is 1. The number of rotatable bonds is 8. The molecule has 0 saturated heterocycles. The van der Waals surface area contributed by atoms with Gasteiger partial charge in [0, 0.05) is 24.7 Å². The highest BCUT2D eigenvalue weighted by Crippen LogP contribution is 2.15. The molecule has 1 aromatic heterocycles. The van der Waals surface area contributed by atoms with E-state index >= 15 is 0 Å². The topological polar surface area (TPSA) is 66.4 Å². The zero-order chi connectivity index (χ0) is 15.8. The first-order valence-electron chi connectivity index (χ1n) is 6.97. The molecule has 1 aromatic carbocycles. The maximum absolute atomic E-state index is 12.2. The van der Waals surface area contributed by atoms with Crippen LogP contribution in [0.5, 0.6) is 0 Å². The Balaban J connectivity index is 2.11. The van der Waals surface area contributed by atoms with Crippen molar-refractivity contribution >= 4 is 28.8 Å². The summed E-state index contributed by atoms with van der Waals surface area (Å²) >= 11 is 1.40. The highest BCUT2D eigenvalue weighted by molar-refractivity contribution is 7.12. The smallest absolute Gasteiger partial charge is 0.303 e. The predicted octanol–water partition coefficient (Wildman–Crippen LogP) is 3.43. The molecule has 0 atom stereocenters. The Kier molecular flexibility index (Phi) is 5.91. The molecule has 0 radical (unpaired) electrons. The first-order valence-corrected chi connectivity index (χ1v) is 7.85. The lowest BCUT2D eigenvalue weighted by molar-refractivity contribution is -0.137. The van der Waals surface area contributed by atoms with E-state index < -0.39 is 5.97 Å². The lowest BCUT2D eigenvalue weighted by Gasteiger charge is -2.10. The van der Waals surface area contributed by atoms with Crippen LogP contribution in [0, 0.1) is 0 Å². The van der Waals surface area contributed by atoms with Gasteiger partial charge in [0.2, 0.25) is 0 Å². The zero-order valence-electron chi connectivity index (χ0n) is 12.0. The number of carbonyl (C=O) groups is 2. The number of carboxylic acid groups (broad SMARTS) is 1. The Labute approximate surface area is 133 Å². The van der Waals surface area contributed by atoms with Gasteiger partial charge in [-0.25, -0.2) is 0 Å². The summed E-state index contributed by atoms with van der Waals surface area (Å²) in [5, 5.41) is 13.7. The van der Waals surface area contributed by atoms with E-state index in [0.717, 1.165) is 5.56 Å². The van der Waals surface area contributed by atoms with Gasteiger partial charge in [0.05, 0.1) is 4.88 Å². The molecule has 0 unspecified atom stereocenters. The average Bonchev–Trinajstić information content (AvgIpc) is 3.05. The summed E-state index contributed by atoms with van der Waals surface area (Å²) in [7, 11) is 0. The maximum atomic E-state index is 12.2. The highest BCUT2D eigenvalue weighted by Gasteiger charge is 2.08. The molecular weight excluding hydrogens is 298 g/mol. The molecule has 0 fully saturated rings. The minimum Gasteiger partial charge on any atom is -0.481 e. The Hall–Kier alpha value is -2.40. The average molecular weight is 315 g/mol. The largest absolute Gasteiger partial charge is 0.481 e. The first kappa shape index (κ1) is 16.0. The summed E-state index contributed by atoms with van der Waals surface area (Å²) in [6.45, 7) is 0.505. The van der Waals surface area contributed by atoms with E-state index in [-0.39, 0.29) is 12.2 Å². The number of thiophene rings is 1. The number of carbonyl (C=O) groups excluding carboxylic acids is 1. The van der Waals surface area contributed by atoms with Gasteiger partial charge >= 0.3 is 5.97 Å². The second-order valence-electron chi connectivity index (χ2n) is 4.69. The van der Waals surface area contributed by atoms with Crippen molar-refractivity contribution in [1.82, 2.24) is 5.32 Å². The fourth-order valence-electron chi connectivity index (χ4n) is 1.94. The standard InChI is InChI=1S/C17H17NO3S/c19-15(16-8-5-11-22-16)12-14(13-6-2-1-3-7-13)18-10-4-9-17(20)21/h1-3,5-8,11-12,18H,4,9-10H2,(H,20,21)/b14-12-. The summed E-state index contributed by atoms with van der Waals surface area (Å²) in [6.07, 6.45) is 2.18. The van der Waals surface area contributed by atoms with Crippen molar-refractivity contribution in [3.8, 4) is 0 Å². The third-order valence-electron chi connectivity index (χ3n) is 3.01. The van der Waals surface area contributed by atoms with Gasteiger partial charge in [-0.15, -0.1) is 11.3 Å². The number of hydrogen-bond donors (Lipinski definition) is 2. The summed E-state index contributed by atoms with van der Waals surface area (Å²) < 4.78 is 0. The number of nitrogens with one attached hydrogen (secondary N) is 1. The molecule has 5 heteroatoms. The Bertz CT molecular complexity index is 648. The highest BCUT2D eigenvalue weighted by atomic mass is 32.1. The fourth-order valence-corrected chi connectivity index (χ4v) is 2.57. The Morgan fingerprint density at radius 1 is 1.14 bits per heavy atom. The van der Waals surface area contributed by atoms with Crippen molar-refractivity contribution in [2.24, 2.45) is 0 Å². The van der Waals surface area contributed by atoms with Gasteiger partial charge in [-0.1, -0.05) is 36.4 Å². The number of hydrogen-bond acceptors (Lipinski definition) is 4. The van der Waals surface area contributed by atoms with Crippen molar-refractivity contribution in [1.29, 1.82) is 0 Å². The lowest BCUT2D eigenvalue weighted by atomic mass is 10.1. The summed E-state index contributed by atoms with van der Waals surface area (Å²) in [5.41, 5.74) is 1.62. The molecule has 2 aromatic rings. The second-order valence-corrected chi connectivity index (χ2v) is 5.64. The molecule has 0 amide bonds. The molecule has 0 aliphatic rings. The number of allylic oxidation sites excluding steroid dienone is 1. The van der Waals surface area contributed by atoms with Crippen LogP contribution in [0.1, 0.15) is 28.1 Å². The van der Waals surface area contributed by atoms with E-state index in [1.54, 1.807) is 12.1 Å². The van der Waals surface area contributed by atoms with E-state index in [2.05, 4.69) is 5.32 Å². The van der Waals surface area contributed by atoms with Crippen LogP contribution in [0.4, 0.5) is 0 Å². The third kappa shape index (κ3) is 4.86. The number of aliphatic carboxylic acids is 1. The van der Waals surface area contributed by atoms with Gasteiger partial charge in [0.1, 0.15) is 0 Å². The molecule has 0 aliphatic heterocycles. The molecule has 1 heterocycles. The second kappa shape index (κ2) is 8.14. The molecular formula is C17H17NO3S. The SMILES string of the molecule is O=C(O)CCCN/C(=C\C(=O)c1cccs1)c1ccccc1. The zero-order valence-corrected chi connectivity index (χ0v) is 12.8. The van der Waals surface area contributed by atoms with Gasteiger partial charge in [0.25, 0.3) is 0 Å². The van der Waals surface area contributed by atoms with Crippen molar-refractivity contribution in [3.05, 3.63) is 64.4 Å². The number of ketones is 1. The van der Waals surface area contributed by atoms with Crippen LogP contribution in [0.3, 0.4) is 0 Å².